The Morgan fingerprint density at radius 3 is 2.87 bits per heavy atom. The van der Waals surface area contributed by atoms with Crippen LogP contribution in [0.5, 0.6) is 0 Å². The molecule has 0 saturated carbocycles. The van der Waals surface area contributed by atoms with Gasteiger partial charge in [0.05, 0.1) is 9.89 Å². The molecule has 1 atom stereocenters. The first kappa shape index (κ1) is 11.3. The van der Waals surface area contributed by atoms with Gasteiger partial charge in [-0.15, -0.1) is 11.3 Å². The van der Waals surface area contributed by atoms with Gasteiger partial charge in [-0.05, 0) is 37.9 Å². The number of aromatic amines is 1. The lowest BCUT2D eigenvalue weighted by Crippen LogP contribution is -2.00. The molecule has 0 radical (unpaired) electrons. The molecule has 0 aromatic carbocycles. The fraction of sp³-hybridized carbons (Fsp3) is 0.222. The van der Waals surface area contributed by atoms with Crippen LogP contribution in [-0.2, 0) is 6.42 Å². The molecule has 2 aromatic heterocycles. The lowest BCUT2D eigenvalue weighted by Gasteiger charge is -2.05. The Labute approximate surface area is 108 Å². The SMILES string of the molecule is OC(Cc1ncc[nH]1)c1cc(Br)c(Br)s1. The van der Waals surface area contributed by atoms with E-state index in [-0.39, 0.29) is 0 Å². The standard InChI is InChI=1S/C9H8Br2N2OS/c10-5-3-7(15-9(5)11)6(14)4-8-12-1-2-13-8/h1-3,6,14H,4H2,(H,12,13). The summed E-state index contributed by atoms with van der Waals surface area (Å²) in [6.07, 6.45) is 3.43. The zero-order chi connectivity index (χ0) is 10.8. The molecule has 2 heterocycles. The Morgan fingerprint density at radius 2 is 2.33 bits per heavy atom. The number of aliphatic hydroxyl groups is 1. The van der Waals surface area contributed by atoms with Gasteiger partial charge in [0.25, 0.3) is 0 Å². The van der Waals surface area contributed by atoms with Crippen molar-refractivity contribution in [3.8, 4) is 0 Å². The van der Waals surface area contributed by atoms with Crippen molar-refractivity contribution in [2.24, 2.45) is 0 Å². The van der Waals surface area contributed by atoms with Crippen LogP contribution < -0.4 is 0 Å². The van der Waals surface area contributed by atoms with Gasteiger partial charge in [0.15, 0.2) is 0 Å². The fourth-order valence-electron chi connectivity index (χ4n) is 1.22. The lowest BCUT2D eigenvalue weighted by atomic mass is 10.2. The van der Waals surface area contributed by atoms with Crippen LogP contribution in [-0.4, -0.2) is 15.1 Å². The number of imidazole rings is 1. The van der Waals surface area contributed by atoms with Crippen molar-refractivity contribution in [1.29, 1.82) is 0 Å². The zero-order valence-corrected chi connectivity index (χ0v) is 11.6. The summed E-state index contributed by atoms with van der Waals surface area (Å²) >= 11 is 8.31. The average Bonchev–Trinajstić information content (AvgIpc) is 2.78. The Morgan fingerprint density at radius 1 is 1.53 bits per heavy atom. The van der Waals surface area contributed by atoms with Gasteiger partial charge < -0.3 is 10.1 Å². The molecule has 2 rings (SSSR count). The minimum absolute atomic E-state index is 0.506. The summed E-state index contributed by atoms with van der Waals surface area (Å²) in [5.41, 5.74) is 0. The molecule has 1 unspecified atom stereocenters. The highest BCUT2D eigenvalue weighted by Crippen LogP contribution is 2.36. The van der Waals surface area contributed by atoms with E-state index >= 15 is 0 Å². The van der Waals surface area contributed by atoms with Crippen molar-refractivity contribution < 1.29 is 5.11 Å². The van der Waals surface area contributed by atoms with Gasteiger partial charge in [0, 0.05) is 28.2 Å². The number of H-pyrrole nitrogens is 1. The third kappa shape index (κ3) is 2.69. The first-order valence-corrected chi connectivity index (χ1v) is 6.68. The molecule has 0 spiro atoms. The molecule has 0 amide bonds. The Hall–Kier alpha value is -0.170. The van der Waals surface area contributed by atoms with Crippen molar-refractivity contribution in [2.75, 3.05) is 0 Å². The Balaban J connectivity index is 2.11. The highest BCUT2D eigenvalue weighted by molar-refractivity contribution is 9.13. The minimum atomic E-state index is -0.510. The summed E-state index contributed by atoms with van der Waals surface area (Å²) in [4.78, 5) is 7.97. The van der Waals surface area contributed by atoms with Crippen molar-refractivity contribution in [3.05, 3.63) is 37.4 Å². The summed E-state index contributed by atoms with van der Waals surface area (Å²) < 4.78 is 1.97. The molecule has 0 aliphatic carbocycles. The van der Waals surface area contributed by atoms with Crippen molar-refractivity contribution >= 4 is 43.2 Å². The molecule has 0 aliphatic heterocycles. The first-order valence-electron chi connectivity index (χ1n) is 4.28. The third-order valence-corrected chi connectivity index (χ3v) is 5.29. The zero-order valence-electron chi connectivity index (χ0n) is 7.58. The summed E-state index contributed by atoms with van der Waals surface area (Å²) in [6, 6.07) is 1.92. The fourth-order valence-corrected chi connectivity index (χ4v) is 3.30. The van der Waals surface area contributed by atoms with E-state index in [2.05, 4.69) is 41.8 Å². The van der Waals surface area contributed by atoms with E-state index in [9.17, 15) is 5.11 Å². The van der Waals surface area contributed by atoms with E-state index in [4.69, 9.17) is 0 Å². The third-order valence-electron chi connectivity index (χ3n) is 1.93. The molecule has 0 fully saturated rings. The van der Waals surface area contributed by atoms with E-state index in [1.165, 1.54) is 11.3 Å². The maximum absolute atomic E-state index is 9.94. The number of nitrogens with one attached hydrogen (secondary N) is 1. The molecule has 80 valence electrons. The monoisotopic (exact) mass is 350 g/mol. The highest BCUT2D eigenvalue weighted by Gasteiger charge is 2.14. The predicted octanol–water partition coefficient (Wildman–Crippen LogP) is 3.27. The topological polar surface area (TPSA) is 48.9 Å². The van der Waals surface area contributed by atoms with Crippen LogP contribution in [0.2, 0.25) is 0 Å². The second-order valence-corrected chi connectivity index (χ2v) is 6.28. The number of rotatable bonds is 3. The van der Waals surface area contributed by atoms with Crippen LogP contribution in [0, 0.1) is 0 Å². The van der Waals surface area contributed by atoms with Gasteiger partial charge in [0.1, 0.15) is 5.82 Å². The highest BCUT2D eigenvalue weighted by atomic mass is 79.9. The van der Waals surface area contributed by atoms with Crippen LogP contribution >= 0.6 is 43.2 Å². The van der Waals surface area contributed by atoms with Crippen LogP contribution in [0.25, 0.3) is 0 Å². The Bertz CT molecular complexity index is 421. The van der Waals surface area contributed by atoms with Crippen LogP contribution in [0.1, 0.15) is 16.8 Å². The molecule has 0 saturated heterocycles. The maximum Gasteiger partial charge on any atom is 0.108 e. The van der Waals surface area contributed by atoms with E-state index < -0.39 is 6.10 Å². The van der Waals surface area contributed by atoms with Gasteiger partial charge in [-0.3, -0.25) is 0 Å². The largest absolute Gasteiger partial charge is 0.387 e. The summed E-state index contributed by atoms with van der Waals surface area (Å²) in [7, 11) is 0. The number of aromatic nitrogens is 2. The number of halogens is 2. The Kier molecular flexibility index (Phi) is 3.60. The minimum Gasteiger partial charge on any atom is -0.387 e. The van der Waals surface area contributed by atoms with E-state index in [0.29, 0.717) is 6.42 Å². The summed E-state index contributed by atoms with van der Waals surface area (Å²) in [5, 5.41) is 9.94. The molecule has 6 heteroatoms. The smallest absolute Gasteiger partial charge is 0.108 e. The molecule has 0 bridgehead atoms. The number of hydrogen-bond donors (Lipinski definition) is 2. The van der Waals surface area contributed by atoms with Crippen LogP contribution in [0.3, 0.4) is 0 Å². The van der Waals surface area contributed by atoms with Crippen LogP contribution in [0.15, 0.2) is 26.7 Å². The molecular formula is C9H8Br2N2OS. The molecular weight excluding hydrogens is 344 g/mol. The molecule has 2 N–H and O–H groups in total. The summed E-state index contributed by atoms with van der Waals surface area (Å²) in [5.74, 6) is 0.795. The second-order valence-electron chi connectivity index (χ2n) is 3.03. The van der Waals surface area contributed by atoms with Crippen molar-refractivity contribution in [3.63, 3.8) is 0 Å². The van der Waals surface area contributed by atoms with Gasteiger partial charge in [-0.25, -0.2) is 4.98 Å². The van der Waals surface area contributed by atoms with Gasteiger partial charge in [0.2, 0.25) is 0 Å². The van der Waals surface area contributed by atoms with E-state index in [1.54, 1.807) is 12.4 Å². The molecule has 3 nitrogen and oxygen atoms in total. The number of nitrogens with zero attached hydrogens (tertiary/aromatic N) is 1. The van der Waals surface area contributed by atoms with Crippen LogP contribution in [0.4, 0.5) is 0 Å². The lowest BCUT2D eigenvalue weighted by molar-refractivity contribution is 0.180. The number of hydrogen-bond acceptors (Lipinski definition) is 3. The quantitative estimate of drug-likeness (QED) is 0.891. The van der Waals surface area contributed by atoms with Crippen molar-refractivity contribution in [2.45, 2.75) is 12.5 Å². The summed E-state index contributed by atoms with van der Waals surface area (Å²) in [6.45, 7) is 0. The van der Waals surface area contributed by atoms with Gasteiger partial charge in [-0.1, -0.05) is 0 Å². The van der Waals surface area contributed by atoms with Gasteiger partial charge in [-0.2, -0.15) is 0 Å². The predicted molar refractivity (Wildman–Crippen MR) is 67.0 cm³/mol. The molecule has 2 aromatic rings. The number of aliphatic hydroxyl groups excluding tert-OH is 1. The molecule has 0 aliphatic rings. The average molecular weight is 352 g/mol. The number of thiophene rings is 1. The first-order chi connectivity index (χ1) is 7.16. The normalized spacial score (nSPS) is 13.0. The van der Waals surface area contributed by atoms with Gasteiger partial charge >= 0.3 is 0 Å². The second kappa shape index (κ2) is 4.78. The van der Waals surface area contributed by atoms with E-state index in [1.807, 2.05) is 6.07 Å². The van der Waals surface area contributed by atoms with Crippen molar-refractivity contribution in [1.82, 2.24) is 9.97 Å². The van der Waals surface area contributed by atoms with E-state index in [0.717, 1.165) is 19.0 Å². The molecule has 15 heavy (non-hydrogen) atoms. The maximum atomic E-state index is 9.94.